The van der Waals surface area contributed by atoms with E-state index in [4.69, 9.17) is 0 Å². The van der Waals surface area contributed by atoms with E-state index in [0.29, 0.717) is 6.42 Å². The van der Waals surface area contributed by atoms with Crippen LogP contribution in [0.25, 0.3) is 0 Å². The van der Waals surface area contributed by atoms with Crippen molar-refractivity contribution in [1.29, 1.82) is 0 Å². The first-order valence-electron chi connectivity index (χ1n) is 3.82. The van der Waals surface area contributed by atoms with Crippen molar-refractivity contribution >= 4 is 6.29 Å². The Balaban J connectivity index is 3.04. The normalized spacial score (nSPS) is 8.42. The Morgan fingerprint density at radius 2 is 2.17 bits per heavy atom. The van der Waals surface area contributed by atoms with Crippen LogP contribution in [0.1, 0.15) is 18.1 Å². The van der Waals surface area contributed by atoms with Crippen LogP contribution in [0.2, 0.25) is 0 Å². The molecule has 0 aliphatic rings. The van der Waals surface area contributed by atoms with Gasteiger partial charge in [0.25, 0.3) is 0 Å². The maximum Gasteiger partial charge on any atom is 0.124 e. The summed E-state index contributed by atoms with van der Waals surface area (Å²) < 4.78 is 0. The van der Waals surface area contributed by atoms with E-state index in [1.54, 1.807) is 6.92 Å². The lowest BCUT2D eigenvalue weighted by Crippen LogP contribution is -1.89. The molecule has 0 saturated carbocycles. The average Bonchev–Trinajstić information content (AvgIpc) is 2.09. The highest BCUT2D eigenvalue weighted by atomic mass is 16.1. The molecule has 0 aromatic heterocycles. The fraction of sp³-hybridized carbons (Fsp3) is 0.182. The fourth-order valence-electron chi connectivity index (χ4n) is 1.04. The zero-order valence-corrected chi connectivity index (χ0v) is 7.00. The van der Waals surface area contributed by atoms with Gasteiger partial charge < -0.3 is 4.79 Å². The standard InChI is InChI=1S/C11H10O/c1-2-5-10-6-3-4-7-11(10)8-9-12/h3-4,6-7,9H,8H2,1H3. The van der Waals surface area contributed by atoms with E-state index in [1.165, 1.54) is 0 Å². The van der Waals surface area contributed by atoms with E-state index in [2.05, 4.69) is 11.8 Å². The fourth-order valence-corrected chi connectivity index (χ4v) is 1.04. The maximum atomic E-state index is 10.3. The van der Waals surface area contributed by atoms with Crippen LogP contribution in [-0.2, 0) is 11.2 Å². The van der Waals surface area contributed by atoms with Crippen molar-refractivity contribution in [3.05, 3.63) is 35.4 Å². The van der Waals surface area contributed by atoms with Crippen LogP contribution >= 0.6 is 0 Å². The highest BCUT2D eigenvalue weighted by Gasteiger charge is 1.95. The third-order valence-corrected chi connectivity index (χ3v) is 1.58. The number of carbonyl (C=O) groups is 1. The summed E-state index contributed by atoms with van der Waals surface area (Å²) in [6, 6.07) is 7.69. The van der Waals surface area contributed by atoms with E-state index in [0.717, 1.165) is 17.4 Å². The molecule has 1 rings (SSSR count). The number of aldehydes is 1. The zero-order chi connectivity index (χ0) is 8.81. The summed E-state index contributed by atoms with van der Waals surface area (Å²) in [5.41, 5.74) is 1.95. The minimum atomic E-state index is 0.449. The van der Waals surface area contributed by atoms with E-state index in [-0.39, 0.29) is 0 Å². The van der Waals surface area contributed by atoms with Gasteiger partial charge in [-0.25, -0.2) is 0 Å². The molecule has 1 heteroatoms. The quantitative estimate of drug-likeness (QED) is 0.474. The van der Waals surface area contributed by atoms with Crippen LogP contribution in [0.5, 0.6) is 0 Å². The number of carbonyl (C=O) groups excluding carboxylic acids is 1. The largest absolute Gasteiger partial charge is 0.303 e. The lowest BCUT2D eigenvalue weighted by molar-refractivity contribution is -0.107. The van der Waals surface area contributed by atoms with Crippen LogP contribution in [0.4, 0.5) is 0 Å². The first-order valence-corrected chi connectivity index (χ1v) is 3.82. The summed E-state index contributed by atoms with van der Waals surface area (Å²) in [6.07, 6.45) is 1.35. The molecule has 0 spiro atoms. The van der Waals surface area contributed by atoms with Crippen LogP contribution in [-0.4, -0.2) is 6.29 Å². The zero-order valence-electron chi connectivity index (χ0n) is 7.00. The molecule has 60 valence electrons. The molecule has 0 fully saturated rings. The third-order valence-electron chi connectivity index (χ3n) is 1.58. The molecular formula is C11H10O. The second-order valence-corrected chi connectivity index (χ2v) is 2.40. The molecule has 1 aromatic carbocycles. The number of hydrogen-bond acceptors (Lipinski definition) is 1. The van der Waals surface area contributed by atoms with E-state index in [1.807, 2.05) is 24.3 Å². The lowest BCUT2D eigenvalue weighted by atomic mass is 10.1. The molecule has 0 aliphatic carbocycles. The average molecular weight is 158 g/mol. The van der Waals surface area contributed by atoms with Gasteiger partial charge in [-0.05, 0) is 18.6 Å². The van der Waals surface area contributed by atoms with Crippen molar-refractivity contribution in [3.63, 3.8) is 0 Å². The second-order valence-electron chi connectivity index (χ2n) is 2.40. The van der Waals surface area contributed by atoms with Crippen LogP contribution in [0.15, 0.2) is 24.3 Å². The van der Waals surface area contributed by atoms with Gasteiger partial charge in [0.15, 0.2) is 0 Å². The predicted molar refractivity (Wildman–Crippen MR) is 48.8 cm³/mol. The van der Waals surface area contributed by atoms with Crippen molar-refractivity contribution in [3.8, 4) is 11.8 Å². The minimum Gasteiger partial charge on any atom is -0.303 e. The molecule has 12 heavy (non-hydrogen) atoms. The number of benzene rings is 1. The van der Waals surface area contributed by atoms with E-state index in [9.17, 15) is 4.79 Å². The molecule has 0 atom stereocenters. The predicted octanol–water partition coefficient (Wildman–Crippen LogP) is 1.80. The van der Waals surface area contributed by atoms with Gasteiger partial charge in [-0.15, -0.1) is 5.92 Å². The molecule has 0 saturated heterocycles. The van der Waals surface area contributed by atoms with Crippen molar-refractivity contribution < 1.29 is 4.79 Å². The molecule has 0 bridgehead atoms. The summed E-state index contributed by atoms with van der Waals surface area (Å²) in [6.45, 7) is 1.79. The Kier molecular flexibility index (Phi) is 3.10. The van der Waals surface area contributed by atoms with Crippen LogP contribution in [0, 0.1) is 11.8 Å². The highest BCUT2D eigenvalue weighted by Crippen LogP contribution is 2.06. The first kappa shape index (κ1) is 8.55. The minimum absolute atomic E-state index is 0.449. The topological polar surface area (TPSA) is 17.1 Å². The Labute approximate surface area is 72.4 Å². The van der Waals surface area contributed by atoms with Gasteiger partial charge in [0, 0.05) is 12.0 Å². The monoisotopic (exact) mass is 158 g/mol. The maximum absolute atomic E-state index is 10.3. The third kappa shape index (κ3) is 1.96. The number of hydrogen-bond donors (Lipinski definition) is 0. The second kappa shape index (κ2) is 4.35. The first-order chi connectivity index (χ1) is 5.88. The molecule has 0 unspecified atom stereocenters. The SMILES string of the molecule is CC#Cc1ccccc1CC=O. The molecule has 0 aliphatic heterocycles. The Morgan fingerprint density at radius 3 is 2.83 bits per heavy atom. The molecule has 0 N–H and O–H groups in total. The summed E-state index contributed by atoms with van der Waals surface area (Å²) >= 11 is 0. The molecule has 0 amide bonds. The van der Waals surface area contributed by atoms with Gasteiger partial charge in [0.1, 0.15) is 6.29 Å². The highest BCUT2D eigenvalue weighted by molar-refractivity contribution is 5.58. The van der Waals surface area contributed by atoms with Crippen LogP contribution in [0.3, 0.4) is 0 Å². The van der Waals surface area contributed by atoms with Crippen LogP contribution < -0.4 is 0 Å². The summed E-state index contributed by atoms with van der Waals surface area (Å²) in [4.78, 5) is 10.3. The Bertz CT molecular complexity index is 328. The molecule has 1 aromatic rings. The Hall–Kier alpha value is -1.55. The van der Waals surface area contributed by atoms with Crippen molar-refractivity contribution in [2.45, 2.75) is 13.3 Å². The molecule has 0 heterocycles. The van der Waals surface area contributed by atoms with Crippen molar-refractivity contribution in [2.24, 2.45) is 0 Å². The van der Waals surface area contributed by atoms with E-state index >= 15 is 0 Å². The smallest absolute Gasteiger partial charge is 0.124 e. The molecular weight excluding hydrogens is 148 g/mol. The summed E-state index contributed by atoms with van der Waals surface area (Å²) in [7, 11) is 0. The lowest BCUT2D eigenvalue weighted by Gasteiger charge is -1.97. The summed E-state index contributed by atoms with van der Waals surface area (Å²) in [5, 5.41) is 0. The van der Waals surface area contributed by atoms with Gasteiger partial charge in [0.05, 0.1) is 0 Å². The summed E-state index contributed by atoms with van der Waals surface area (Å²) in [5.74, 6) is 5.77. The van der Waals surface area contributed by atoms with Gasteiger partial charge in [-0.2, -0.15) is 0 Å². The number of rotatable bonds is 2. The van der Waals surface area contributed by atoms with Gasteiger partial charge >= 0.3 is 0 Å². The van der Waals surface area contributed by atoms with Crippen molar-refractivity contribution in [2.75, 3.05) is 0 Å². The van der Waals surface area contributed by atoms with Gasteiger partial charge in [-0.1, -0.05) is 24.1 Å². The van der Waals surface area contributed by atoms with Gasteiger partial charge in [0.2, 0.25) is 0 Å². The molecule has 1 nitrogen and oxygen atoms in total. The van der Waals surface area contributed by atoms with Gasteiger partial charge in [-0.3, -0.25) is 0 Å². The Morgan fingerprint density at radius 1 is 1.42 bits per heavy atom. The molecule has 0 radical (unpaired) electrons. The van der Waals surface area contributed by atoms with E-state index < -0.39 is 0 Å². The van der Waals surface area contributed by atoms with Crippen molar-refractivity contribution in [1.82, 2.24) is 0 Å².